The topological polar surface area (TPSA) is 46.6 Å². The normalized spacial score (nSPS) is 10.1. The van der Waals surface area contributed by atoms with Gasteiger partial charge in [-0.05, 0) is 34.5 Å². The van der Waals surface area contributed by atoms with Crippen LogP contribution in [0.25, 0.3) is 0 Å². The number of amides is 1. The lowest BCUT2D eigenvalue weighted by molar-refractivity contribution is -0.141. The number of benzene rings is 1. The zero-order valence-electron chi connectivity index (χ0n) is 10.8. The molecule has 0 heterocycles. The van der Waals surface area contributed by atoms with E-state index in [0.29, 0.717) is 21.6 Å². The first kappa shape index (κ1) is 16.0. The van der Waals surface area contributed by atoms with Crippen molar-refractivity contribution in [2.45, 2.75) is 13.3 Å². The summed E-state index contributed by atoms with van der Waals surface area (Å²) in [5, 5.41) is 0.346. The second kappa shape index (κ2) is 7.50. The van der Waals surface area contributed by atoms with E-state index in [-0.39, 0.29) is 12.5 Å². The molecule has 0 aliphatic carbocycles. The summed E-state index contributed by atoms with van der Waals surface area (Å²) >= 11 is 9.36. The van der Waals surface area contributed by atoms with Crippen molar-refractivity contribution < 1.29 is 14.3 Å². The van der Waals surface area contributed by atoms with Crippen LogP contribution in [0, 0.1) is 0 Å². The van der Waals surface area contributed by atoms with E-state index in [1.54, 1.807) is 18.2 Å². The first-order valence-corrected chi connectivity index (χ1v) is 6.98. The molecule has 0 spiro atoms. The SMILES string of the molecule is CCCN(CC(=O)OC)C(=O)c1cccc(Br)c1Cl. The molecule has 0 aromatic heterocycles. The van der Waals surface area contributed by atoms with Crippen LogP contribution in [0.2, 0.25) is 5.02 Å². The highest BCUT2D eigenvalue weighted by Gasteiger charge is 2.21. The predicted molar refractivity (Wildman–Crippen MR) is 77.4 cm³/mol. The molecule has 0 fully saturated rings. The van der Waals surface area contributed by atoms with E-state index >= 15 is 0 Å². The van der Waals surface area contributed by atoms with Crippen LogP contribution in [0.3, 0.4) is 0 Å². The van der Waals surface area contributed by atoms with Crippen molar-refractivity contribution in [2.75, 3.05) is 20.2 Å². The molecule has 4 nitrogen and oxygen atoms in total. The van der Waals surface area contributed by atoms with E-state index in [1.807, 2.05) is 6.92 Å². The molecule has 19 heavy (non-hydrogen) atoms. The van der Waals surface area contributed by atoms with Crippen LogP contribution in [-0.4, -0.2) is 37.0 Å². The number of carbonyl (C=O) groups is 2. The third-order valence-electron chi connectivity index (χ3n) is 2.51. The average Bonchev–Trinajstić information content (AvgIpc) is 2.40. The van der Waals surface area contributed by atoms with Gasteiger partial charge in [0.05, 0.1) is 17.7 Å². The number of hydrogen-bond acceptors (Lipinski definition) is 3. The number of halogens is 2. The van der Waals surface area contributed by atoms with Crippen LogP contribution in [0.1, 0.15) is 23.7 Å². The maximum Gasteiger partial charge on any atom is 0.325 e. The van der Waals surface area contributed by atoms with Crippen molar-refractivity contribution in [1.82, 2.24) is 4.90 Å². The Kier molecular flexibility index (Phi) is 6.31. The maximum absolute atomic E-state index is 12.4. The van der Waals surface area contributed by atoms with Gasteiger partial charge in [0.25, 0.3) is 5.91 Å². The fraction of sp³-hybridized carbons (Fsp3) is 0.385. The fourth-order valence-electron chi connectivity index (χ4n) is 1.58. The zero-order valence-corrected chi connectivity index (χ0v) is 13.1. The Labute approximate surface area is 125 Å². The summed E-state index contributed by atoms with van der Waals surface area (Å²) in [6.45, 7) is 2.32. The van der Waals surface area contributed by atoms with Crippen LogP contribution in [0.15, 0.2) is 22.7 Å². The van der Waals surface area contributed by atoms with Crippen LogP contribution in [-0.2, 0) is 9.53 Å². The van der Waals surface area contributed by atoms with E-state index in [4.69, 9.17) is 11.6 Å². The molecule has 0 saturated carbocycles. The Balaban J connectivity index is 2.98. The van der Waals surface area contributed by atoms with Gasteiger partial charge < -0.3 is 9.64 Å². The summed E-state index contributed by atoms with van der Waals surface area (Å²) in [5.74, 6) is -0.730. The van der Waals surface area contributed by atoms with E-state index in [2.05, 4.69) is 20.7 Å². The molecule has 0 saturated heterocycles. The van der Waals surface area contributed by atoms with Gasteiger partial charge in [0.15, 0.2) is 0 Å². The monoisotopic (exact) mass is 347 g/mol. The zero-order chi connectivity index (χ0) is 14.4. The van der Waals surface area contributed by atoms with Crippen LogP contribution >= 0.6 is 27.5 Å². The molecule has 0 radical (unpaired) electrons. The summed E-state index contributed by atoms with van der Waals surface area (Å²) in [6.07, 6.45) is 0.744. The quantitative estimate of drug-likeness (QED) is 0.768. The smallest absolute Gasteiger partial charge is 0.325 e. The minimum Gasteiger partial charge on any atom is -0.468 e. The first-order valence-electron chi connectivity index (χ1n) is 5.81. The van der Waals surface area contributed by atoms with Crippen molar-refractivity contribution in [3.05, 3.63) is 33.3 Å². The van der Waals surface area contributed by atoms with E-state index in [1.165, 1.54) is 12.0 Å². The number of carbonyl (C=O) groups excluding carboxylic acids is 2. The second-order valence-electron chi connectivity index (χ2n) is 3.90. The van der Waals surface area contributed by atoms with Gasteiger partial charge in [-0.25, -0.2) is 0 Å². The molecular formula is C13H15BrClNO3. The molecule has 0 atom stereocenters. The number of rotatable bonds is 5. The largest absolute Gasteiger partial charge is 0.468 e. The highest BCUT2D eigenvalue weighted by atomic mass is 79.9. The predicted octanol–water partition coefficient (Wildman–Crippen LogP) is 3.13. The van der Waals surface area contributed by atoms with Gasteiger partial charge in [-0.2, -0.15) is 0 Å². The lowest BCUT2D eigenvalue weighted by Crippen LogP contribution is -2.37. The lowest BCUT2D eigenvalue weighted by atomic mass is 10.2. The van der Waals surface area contributed by atoms with Crippen LogP contribution in [0.5, 0.6) is 0 Å². The molecule has 1 amide bonds. The van der Waals surface area contributed by atoms with Crippen LogP contribution < -0.4 is 0 Å². The molecular weight excluding hydrogens is 334 g/mol. The van der Waals surface area contributed by atoms with E-state index < -0.39 is 5.97 Å². The summed E-state index contributed by atoms with van der Waals surface area (Å²) in [6, 6.07) is 5.12. The number of ether oxygens (including phenoxy) is 1. The lowest BCUT2D eigenvalue weighted by Gasteiger charge is -2.21. The number of esters is 1. The van der Waals surface area contributed by atoms with Gasteiger partial charge in [0.2, 0.25) is 0 Å². The van der Waals surface area contributed by atoms with Gasteiger partial charge >= 0.3 is 5.97 Å². The standard InChI is InChI=1S/C13H15BrClNO3/c1-3-7-16(8-11(17)19-2)13(18)9-5-4-6-10(14)12(9)15/h4-6H,3,7-8H2,1-2H3. The summed E-state index contributed by atoms with van der Waals surface area (Å²) in [7, 11) is 1.29. The average molecular weight is 349 g/mol. The van der Waals surface area contributed by atoms with Crippen molar-refractivity contribution >= 4 is 39.4 Å². The minimum atomic E-state index is -0.451. The Morgan fingerprint density at radius 3 is 2.68 bits per heavy atom. The highest BCUT2D eigenvalue weighted by molar-refractivity contribution is 9.10. The molecule has 6 heteroatoms. The molecule has 1 aromatic carbocycles. The molecule has 0 aliphatic rings. The van der Waals surface area contributed by atoms with Gasteiger partial charge in [0, 0.05) is 11.0 Å². The van der Waals surface area contributed by atoms with Crippen molar-refractivity contribution in [3.8, 4) is 0 Å². The summed E-state index contributed by atoms with van der Waals surface area (Å²) < 4.78 is 5.24. The van der Waals surface area contributed by atoms with Crippen LogP contribution in [0.4, 0.5) is 0 Å². The summed E-state index contributed by atoms with van der Waals surface area (Å²) in [4.78, 5) is 25.1. The van der Waals surface area contributed by atoms with E-state index in [0.717, 1.165) is 6.42 Å². The summed E-state index contributed by atoms with van der Waals surface area (Å²) in [5.41, 5.74) is 0.369. The number of hydrogen-bond donors (Lipinski definition) is 0. The first-order chi connectivity index (χ1) is 9.01. The Hall–Kier alpha value is -1.07. The third-order valence-corrected chi connectivity index (χ3v) is 3.81. The molecule has 0 unspecified atom stereocenters. The highest BCUT2D eigenvalue weighted by Crippen LogP contribution is 2.27. The molecule has 0 bridgehead atoms. The molecule has 104 valence electrons. The Morgan fingerprint density at radius 1 is 1.42 bits per heavy atom. The number of nitrogens with zero attached hydrogens (tertiary/aromatic N) is 1. The van der Waals surface area contributed by atoms with Crippen molar-refractivity contribution in [1.29, 1.82) is 0 Å². The molecule has 0 aliphatic heterocycles. The maximum atomic E-state index is 12.4. The molecule has 1 aromatic rings. The van der Waals surface area contributed by atoms with Gasteiger partial charge in [-0.1, -0.05) is 24.6 Å². The Morgan fingerprint density at radius 2 is 2.11 bits per heavy atom. The van der Waals surface area contributed by atoms with E-state index in [9.17, 15) is 9.59 Å². The van der Waals surface area contributed by atoms with Gasteiger partial charge in [0.1, 0.15) is 6.54 Å². The van der Waals surface area contributed by atoms with Gasteiger partial charge in [-0.3, -0.25) is 9.59 Å². The van der Waals surface area contributed by atoms with Crippen molar-refractivity contribution in [3.63, 3.8) is 0 Å². The van der Waals surface area contributed by atoms with Crippen molar-refractivity contribution in [2.24, 2.45) is 0 Å². The minimum absolute atomic E-state index is 0.0774. The fourth-order valence-corrected chi connectivity index (χ4v) is 2.16. The second-order valence-corrected chi connectivity index (χ2v) is 5.14. The molecule has 1 rings (SSSR count). The number of methoxy groups -OCH3 is 1. The Bertz CT molecular complexity index is 479. The molecule has 0 N–H and O–H groups in total. The third kappa shape index (κ3) is 4.21. The van der Waals surface area contributed by atoms with Gasteiger partial charge in [-0.15, -0.1) is 0 Å².